The maximum atomic E-state index is 12.1. The van der Waals surface area contributed by atoms with Crippen molar-refractivity contribution < 1.29 is 14.6 Å². The number of benzene rings is 1. The lowest BCUT2D eigenvalue weighted by Gasteiger charge is -2.06. The van der Waals surface area contributed by atoms with Gasteiger partial charge >= 0.3 is 0 Å². The van der Waals surface area contributed by atoms with Gasteiger partial charge in [-0.05, 0) is 18.2 Å². The van der Waals surface area contributed by atoms with Crippen LogP contribution in [-0.2, 0) is 0 Å². The Balaban J connectivity index is 2.22. The Kier molecular flexibility index (Phi) is 5.26. The fourth-order valence-corrected chi connectivity index (χ4v) is 2.00. The van der Waals surface area contributed by atoms with Crippen molar-refractivity contribution in [3.05, 3.63) is 34.8 Å². The number of aromatic nitrogens is 2. The number of methoxy groups -OCH3 is 1. The lowest BCUT2D eigenvalue weighted by atomic mass is 10.1. The fourth-order valence-electron chi connectivity index (χ4n) is 1.56. The van der Waals surface area contributed by atoms with Crippen LogP contribution in [-0.4, -0.2) is 34.9 Å². The van der Waals surface area contributed by atoms with Gasteiger partial charge in [0, 0.05) is 12.0 Å². The highest BCUT2D eigenvalue weighted by molar-refractivity contribution is 7.13. The predicted octanol–water partition coefficient (Wildman–Crippen LogP) is 1.53. The summed E-state index contributed by atoms with van der Waals surface area (Å²) >= 11 is 1.24. The van der Waals surface area contributed by atoms with Crippen LogP contribution in [0.25, 0.3) is 0 Å². The SMILES string of the molecule is COc1ccc(C(=O)Nc2nncs2)cc1C#CCCO. The van der Waals surface area contributed by atoms with Crippen LogP contribution >= 0.6 is 11.3 Å². The Bertz CT molecular complexity index is 675. The number of anilines is 1. The van der Waals surface area contributed by atoms with E-state index in [1.165, 1.54) is 24.0 Å². The van der Waals surface area contributed by atoms with Crippen LogP contribution in [0.2, 0.25) is 0 Å². The molecule has 0 fully saturated rings. The lowest BCUT2D eigenvalue weighted by molar-refractivity contribution is 0.102. The first-order valence-corrected chi connectivity index (χ1v) is 6.98. The van der Waals surface area contributed by atoms with Gasteiger partial charge in [-0.2, -0.15) is 0 Å². The molecule has 2 aromatic rings. The molecule has 0 bridgehead atoms. The summed E-state index contributed by atoms with van der Waals surface area (Å²) in [6.45, 7) is -0.00740. The molecule has 2 rings (SSSR count). The zero-order chi connectivity index (χ0) is 15.1. The van der Waals surface area contributed by atoms with E-state index in [1.54, 1.807) is 18.2 Å². The maximum Gasteiger partial charge on any atom is 0.257 e. The predicted molar refractivity (Wildman–Crippen MR) is 79.4 cm³/mol. The lowest BCUT2D eigenvalue weighted by Crippen LogP contribution is -2.12. The van der Waals surface area contributed by atoms with E-state index in [0.29, 0.717) is 28.4 Å². The second-order valence-corrected chi connectivity index (χ2v) is 4.72. The van der Waals surface area contributed by atoms with Crippen LogP contribution in [0.15, 0.2) is 23.7 Å². The first-order valence-electron chi connectivity index (χ1n) is 6.10. The minimum atomic E-state index is -0.292. The Morgan fingerprint density at radius 3 is 3.05 bits per heavy atom. The number of ether oxygens (including phenoxy) is 1. The summed E-state index contributed by atoms with van der Waals surface area (Å²) in [4.78, 5) is 12.1. The Hall–Kier alpha value is -2.43. The summed E-state index contributed by atoms with van der Waals surface area (Å²) in [6.07, 6.45) is 0.365. The van der Waals surface area contributed by atoms with E-state index >= 15 is 0 Å². The molecule has 0 radical (unpaired) electrons. The summed E-state index contributed by atoms with van der Waals surface area (Å²) < 4.78 is 5.20. The van der Waals surface area contributed by atoms with E-state index in [0.717, 1.165) is 0 Å². The highest BCUT2D eigenvalue weighted by atomic mass is 32.1. The molecule has 1 heterocycles. The van der Waals surface area contributed by atoms with Crippen LogP contribution in [0.4, 0.5) is 5.13 Å². The Labute approximate surface area is 125 Å². The Morgan fingerprint density at radius 2 is 2.38 bits per heavy atom. The van der Waals surface area contributed by atoms with E-state index in [1.807, 2.05) is 0 Å². The number of nitrogens with zero attached hydrogens (tertiary/aromatic N) is 2. The molecule has 6 nitrogen and oxygen atoms in total. The molecule has 1 aromatic heterocycles. The third-order valence-corrected chi connectivity index (χ3v) is 3.11. The van der Waals surface area contributed by atoms with Gasteiger partial charge in [0.25, 0.3) is 5.91 Å². The van der Waals surface area contributed by atoms with Gasteiger partial charge in [0.1, 0.15) is 11.3 Å². The number of aliphatic hydroxyl groups excluding tert-OH is 1. The van der Waals surface area contributed by atoms with Gasteiger partial charge in [-0.1, -0.05) is 23.2 Å². The summed E-state index contributed by atoms with van der Waals surface area (Å²) in [5.41, 5.74) is 2.57. The van der Waals surface area contributed by atoms with Crippen molar-refractivity contribution in [2.45, 2.75) is 6.42 Å². The number of carbonyl (C=O) groups excluding carboxylic acids is 1. The van der Waals surface area contributed by atoms with Crippen LogP contribution in [0.5, 0.6) is 5.75 Å². The maximum absolute atomic E-state index is 12.1. The van der Waals surface area contributed by atoms with Gasteiger partial charge in [-0.3, -0.25) is 10.1 Å². The van der Waals surface area contributed by atoms with Gasteiger partial charge in [-0.15, -0.1) is 10.2 Å². The zero-order valence-electron chi connectivity index (χ0n) is 11.3. The molecule has 0 saturated heterocycles. The molecule has 108 valence electrons. The molecule has 1 amide bonds. The summed E-state index contributed by atoms with van der Waals surface area (Å²) in [5.74, 6) is 5.97. The van der Waals surface area contributed by atoms with Crippen LogP contribution in [0, 0.1) is 11.8 Å². The first-order chi connectivity index (χ1) is 10.2. The second kappa shape index (κ2) is 7.38. The van der Waals surface area contributed by atoms with Crippen molar-refractivity contribution in [2.75, 3.05) is 19.0 Å². The first kappa shape index (κ1) is 15.0. The van der Waals surface area contributed by atoms with Crippen LogP contribution in [0.3, 0.4) is 0 Å². The van der Waals surface area contributed by atoms with E-state index < -0.39 is 0 Å². The quantitative estimate of drug-likeness (QED) is 0.837. The highest BCUT2D eigenvalue weighted by Gasteiger charge is 2.10. The van der Waals surface area contributed by atoms with E-state index in [2.05, 4.69) is 27.4 Å². The molecule has 0 spiro atoms. The minimum Gasteiger partial charge on any atom is -0.495 e. The molecule has 0 saturated carbocycles. The Morgan fingerprint density at radius 1 is 1.52 bits per heavy atom. The van der Waals surface area contributed by atoms with Gasteiger partial charge in [0.05, 0.1) is 19.3 Å². The average molecular weight is 303 g/mol. The van der Waals surface area contributed by atoms with Gasteiger partial charge < -0.3 is 9.84 Å². The molecular formula is C14H13N3O3S. The highest BCUT2D eigenvalue weighted by Crippen LogP contribution is 2.20. The van der Waals surface area contributed by atoms with E-state index in [4.69, 9.17) is 9.84 Å². The van der Waals surface area contributed by atoms with Crippen molar-refractivity contribution in [1.29, 1.82) is 0 Å². The van der Waals surface area contributed by atoms with Crippen LogP contribution < -0.4 is 10.1 Å². The normalized spacial score (nSPS) is 9.62. The molecular weight excluding hydrogens is 290 g/mol. The van der Waals surface area contributed by atoms with Crippen LogP contribution in [0.1, 0.15) is 22.3 Å². The molecule has 0 aliphatic carbocycles. The molecule has 0 aliphatic rings. The van der Waals surface area contributed by atoms with Gasteiger partial charge in [-0.25, -0.2) is 0 Å². The summed E-state index contributed by atoms with van der Waals surface area (Å²) in [7, 11) is 1.54. The smallest absolute Gasteiger partial charge is 0.257 e. The summed E-state index contributed by atoms with van der Waals surface area (Å²) in [6, 6.07) is 4.96. The number of hydrogen-bond acceptors (Lipinski definition) is 6. The standard InChI is InChI=1S/C14H13N3O3S/c1-20-12-6-5-11(8-10(12)4-2-3-7-18)13(19)16-14-17-15-9-21-14/h5-6,8-9,18H,3,7H2,1H3,(H,16,17,19). The van der Waals surface area contributed by atoms with E-state index in [9.17, 15) is 4.79 Å². The molecule has 7 heteroatoms. The third kappa shape index (κ3) is 4.02. The number of amides is 1. The van der Waals surface area contributed by atoms with Crippen molar-refractivity contribution >= 4 is 22.4 Å². The molecule has 0 aliphatic heterocycles. The topological polar surface area (TPSA) is 84.3 Å². The molecule has 0 atom stereocenters. The summed E-state index contributed by atoms with van der Waals surface area (Å²) in [5, 5.41) is 19.2. The van der Waals surface area contributed by atoms with Gasteiger partial charge in [0.15, 0.2) is 0 Å². The number of rotatable bonds is 4. The average Bonchev–Trinajstić information content (AvgIpc) is 3.00. The molecule has 0 unspecified atom stereocenters. The number of hydrogen-bond donors (Lipinski definition) is 2. The van der Waals surface area contributed by atoms with Crippen molar-refractivity contribution in [2.24, 2.45) is 0 Å². The molecule has 1 aromatic carbocycles. The largest absolute Gasteiger partial charge is 0.495 e. The number of carbonyl (C=O) groups is 1. The number of nitrogens with one attached hydrogen (secondary N) is 1. The van der Waals surface area contributed by atoms with E-state index in [-0.39, 0.29) is 12.5 Å². The van der Waals surface area contributed by atoms with Gasteiger partial charge in [0.2, 0.25) is 5.13 Å². The number of aliphatic hydroxyl groups is 1. The second-order valence-electron chi connectivity index (χ2n) is 3.89. The minimum absolute atomic E-state index is 0.00740. The van der Waals surface area contributed by atoms with Crippen molar-refractivity contribution in [1.82, 2.24) is 10.2 Å². The van der Waals surface area contributed by atoms with Crippen molar-refractivity contribution in [3.63, 3.8) is 0 Å². The fraction of sp³-hybridized carbons (Fsp3) is 0.214. The third-order valence-electron chi connectivity index (χ3n) is 2.50. The molecule has 21 heavy (non-hydrogen) atoms. The zero-order valence-corrected chi connectivity index (χ0v) is 12.1. The van der Waals surface area contributed by atoms with Crippen molar-refractivity contribution in [3.8, 4) is 17.6 Å². The monoisotopic (exact) mass is 303 g/mol. The molecule has 2 N–H and O–H groups in total.